The van der Waals surface area contributed by atoms with E-state index in [2.05, 4.69) is 24.4 Å². The topological polar surface area (TPSA) is 24.9 Å². The van der Waals surface area contributed by atoms with Crippen molar-refractivity contribution in [1.82, 2.24) is 10.3 Å². The number of aromatic nitrogens is 1. The first-order chi connectivity index (χ1) is 10.2. The first-order valence-corrected chi connectivity index (χ1v) is 6.98. The van der Waals surface area contributed by atoms with Gasteiger partial charge in [-0.05, 0) is 49.4 Å². The molecule has 21 heavy (non-hydrogen) atoms. The van der Waals surface area contributed by atoms with E-state index in [1.54, 1.807) is 12.1 Å². The monoisotopic (exact) mass is 280 g/mol. The molecule has 106 valence electrons. The highest BCUT2D eigenvalue weighted by atomic mass is 19.1. The fourth-order valence-corrected chi connectivity index (χ4v) is 2.69. The zero-order valence-corrected chi connectivity index (χ0v) is 12.1. The predicted molar refractivity (Wildman–Crippen MR) is 83.8 cm³/mol. The van der Waals surface area contributed by atoms with Gasteiger partial charge in [0.05, 0.1) is 17.3 Å². The summed E-state index contributed by atoms with van der Waals surface area (Å²) in [6.45, 7) is 2.08. The molecule has 0 aliphatic heterocycles. The molecule has 0 saturated carbocycles. The molecule has 0 amide bonds. The van der Waals surface area contributed by atoms with Crippen LogP contribution < -0.4 is 5.32 Å². The van der Waals surface area contributed by atoms with Crippen molar-refractivity contribution in [3.8, 4) is 0 Å². The second kappa shape index (κ2) is 5.62. The molecule has 3 rings (SSSR count). The second-order valence-corrected chi connectivity index (χ2v) is 5.16. The Bertz CT molecular complexity index is 783. The molecule has 0 radical (unpaired) electrons. The van der Waals surface area contributed by atoms with Crippen LogP contribution in [0.1, 0.15) is 22.9 Å². The first kappa shape index (κ1) is 13.7. The van der Waals surface area contributed by atoms with Crippen molar-refractivity contribution in [1.29, 1.82) is 0 Å². The standard InChI is InChI=1S/C18H17FN2/c1-12-10-17(21-16-9-4-3-8-15(12)16)18(20-2)13-6-5-7-14(19)11-13/h3-11,18,20H,1-2H3. The first-order valence-electron chi connectivity index (χ1n) is 6.98. The van der Waals surface area contributed by atoms with E-state index in [1.807, 2.05) is 31.3 Å². The summed E-state index contributed by atoms with van der Waals surface area (Å²) in [4.78, 5) is 4.73. The molecule has 0 aliphatic rings. The lowest BCUT2D eigenvalue weighted by Gasteiger charge is -2.18. The maximum absolute atomic E-state index is 13.5. The van der Waals surface area contributed by atoms with Gasteiger partial charge in [0.25, 0.3) is 0 Å². The van der Waals surface area contributed by atoms with Crippen LogP contribution in [0.15, 0.2) is 54.6 Å². The molecule has 0 aliphatic carbocycles. The summed E-state index contributed by atoms with van der Waals surface area (Å²) < 4.78 is 13.5. The van der Waals surface area contributed by atoms with Gasteiger partial charge in [-0.2, -0.15) is 0 Å². The minimum absolute atomic E-state index is 0.121. The van der Waals surface area contributed by atoms with Gasteiger partial charge in [0.2, 0.25) is 0 Å². The van der Waals surface area contributed by atoms with E-state index in [4.69, 9.17) is 4.98 Å². The maximum Gasteiger partial charge on any atom is 0.123 e. The van der Waals surface area contributed by atoms with E-state index in [9.17, 15) is 4.39 Å². The summed E-state index contributed by atoms with van der Waals surface area (Å²) >= 11 is 0. The molecule has 1 N–H and O–H groups in total. The Morgan fingerprint density at radius 1 is 1.05 bits per heavy atom. The molecule has 3 heteroatoms. The summed E-state index contributed by atoms with van der Waals surface area (Å²) in [5.74, 6) is -0.231. The Kier molecular flexibility index (Phi) is 3.67. The molecule has 1 aromatic heterocycles. The van der Waals surface area contributed by atoms with Crippen LogP contribution in [0.3, 0.4) is 0 Å². The van der Waals surface area contributed by atoms with Gasteiger partial charge in [-0.15, -0.1) is 0 Å². The molecule has 1 unspecified atom stereocenters. The summed E-state index contributed by atoms with van der Waals surface area (Å²) in [5, 5.41) is 4.37. The molecule has 0 spiro atoms. The number of para-hydroxylation sites is 1. The van der Waals surface area contributed by atoms with Gasteiger partial charge in [-0.3, -0.25) is 4.98 Å². The van der Waals surface area contributed by atoms with E-state index >= 15 is 0 Å². The van der Waals surface area contributed by atoms with Crippen LogP contribution >= 0.6 is 0 Å². The van der Waals surface area contributed by atoms with Crippen molar-refractivity contribution in [3.05, 3.63) is 77.2 Å². The van der Waals surface area contributed by atoms with Crippen LogP contribution in [-0.4, -0.2) is 12.0 Å². The zero-order chi connectivity index (χ0) is 14.8. The van der Waals surface area contributed by atoms with Gasteiger partial charge < -0.3 is 5.32 Å². The summed E-state index contributed by atoms with van der Waals surface area (Å²) in [7, 11) is 1.86. The minimum Gasteiger partial charge on any atom is -0.308 e. The lowest BCUT2D eigenvalue weighted by atomic mass is 10.00. The predicted octanol–water partition coefficient (Wildman–Crippen LogP) is 3.99. The smallest absolute Gasteiger partial charge is 0.123 e. The fraction of sp³-hybridized carbons (Fsp3) is 0.167. The average molecular weight is 280 g/mol. The van der Waals surface area contributed by atoms with Crippen LogP contribution in [-0.2, 0) is 0 Å². The van der Waals surface area contributed by atoms with Gasteiger partial charge in [0, 0.05) is 5.39 Å². The van der Waals surface area contributed by atoms with Gasteiger partial charge in [-0.25, -0.2) is 4.39 Å². The highest BCUT2D eigenvalue weighted by Crippen LogP contribution is 2.25. The Labute approximate surface area is 123 Å². The van der Waals surface area contributed by atoms with Gasteiger partial charge >= 0.3 is 0 Å². The van der Waals surface area contributed by atoms with Crippen molar-refractivity contribution in [2.24, 2.45) is 0 Å². The van der Waals surface area contributed by atoms with Crippen molar-refractivity contribution in [2.45, 2.75) is 13.0 Å². The molecule has 0 fully saturated rings. The van der Waals surface area contributed by atoms with E-state index in [0.717, 1.165) is 22.2 Å². The van der Waals surface area contributed by atoms with Gasteiger partial charge in [-0.1, -0.05) is 30.3 Å². The van der Waals surface area contributed by atoms with Crippen molar-refractivity contribution < 1.29 is 4.39 Å². The van der Waals surface area contributed by atoms with E-state index in [0.29, 0.717) is 0 Å². The van der Waals surface area contributed by atoms with Crippen LogP contribution in [0, 0.1) is 12.7 Å². The minimum atomic E-state index is -0.231. The number of pyridine rings is 1. The molecule has 1 heterocycles. The average Bonchev–Trinajstić information content (AvgIpc) is 2.48. The van der Waals surface area contributed by atoms with E-state index in [1.165, 1.54) is 11.6 Å². The van der Waals surface area contributed by atoms with Crippen molar-refractivity contribution >= 4 is 10.9 Å². The molecule has 0 bridgehead atoms. The normalized spacial score (nSPS) is 12.5. The summed E-state index contributed by atoms with van der Waals surface area (Å²) in [6.07, 6.45) is 0. The molecule has 2 nitrogen and oxygen atoms in total. The van der Waals surface area contributed by atoms with Crippen LogP contribution in [0.4, 0.5) is 4.39 Å². The molecular weight excluding hydrogens is 263 g/mol. The Morgan fingerprint density at radius 3 is 2.62 bits per heavy atom. The van der Waals surface area contributed by atoms with Crippen LogP contribution in [0.5, 0.6) is 0 Å². The second-order valence-electron chi connectivity index (χ2n) is 5.16. The number of halogens is 1. The molecule has 1 atom stereocenters. The maximum atomic E-state index is 13.5. The number of fused-ring (bicyclic) bond motifs is 1. The highest BCUT2D eigenvalue weighted by molar-refractivity contribution is 5.82. The summed E-state index contributed by atoms with van der Waals surface area (Å²) in [5.41, 5.74) is 3.91. The number of aryl methyl sites for hydroxylation is 1. The van der Waals surface area contributed by atoms with E-state index < -0.39 is 0 Å². The summed E-state index contributed by atoms with van der Waals surface area (Å²) in [6, 6.07) is 16.6. The third-order valence-corrected chi connectivity index (χ3v) is 3.71. The van der Waals surface area contributed by atoms with E-state index in [-0.39, 0.29) is 11.9 Å². The lowest BCUT2D eigenvalue weighted by molar-refractivity contribution is 0.614. The lowest BCUT2D eigenvalue weighted by Crippen LogP contribution is -2.19. The van der Waals surface area contributed by atoms with Crippen LogP contribution in [0.25, 0.3) is 10.9 Å². The largest absolute Gasteiger partial charge is 0.308 e. The number of nitrogens with one attached hydrogen (secondary N) is 1. The Morgan fingerprint density at radius 2 is 1.86 bits per heavy atom. The number of benzene rings is 2. The number of hydrogen-bond donors (Lipinski definition) is 1. The van der Waals surface area contributed by atoms with Gasteiger partial charge in [0.15, 0.2) is 0 Å². The van der Waals surface area contributed by atoms with Crippen LogP contribution in [0.2, 0.25) is 0 Å². The third-order valence-electron chi connectivity index (χ3n) is 3.71. The number of nitrogens with zero attached hydrogens (tertiary/aromatic N) is 1. The molecule has 3 aromatic rings. The molecule has 0 saturated heterocycles. The number of rotatable bonds is 3. The number of hydrogen-bond acceptors (Lipinski definition) is 2. The fourth-order valence-electron chi connectivity index (χ4n) is 2.69. The third kappa shape index (κ3) is 2.65. The molecule has 2 aromatic carbocycles. The Balaban J connectivity index is 2.13. The van der Waals surface area contributed by atoms with Crippen molar-refractivity contribution in [3.63, 3.8) is 0 Å². The van der Waals surface area contributed by atoms with Crippen molar-refractivity contribution in [2.75, 3.05) is 7.05 Å². The zero-order valence-electron chi connectivity index (χ0n) is 12.1. The highest BCUT2D eigenvalue weighted by Gasteiger charge is 2.15. The molecular formula is C18H17FN2. The quantitative estimate of drug-likeness (QED) is 0.784. The van der Waals surface area contributed by atoms with Gasteiger partial charge in [0.1, 0.15) is 5.82 Å². The SMILES string of the molecule is CNC(c1cccc(F)c1)c1cc(C)c2ccccc2n1. The Hall–Kier alpha value is -2.26.